The number of Topliss-reactive ketones (excluding diaryl/α,β-unsaturated/α-hetero) is 4. The number of benzene rings is 2. The van der Waals surface area contributed by atoms with Crippen LogP contribution in [-0.2, 0) is 36.8 Å². The van der Waals surface area contributed by atoms with Crippen LogP contribution < -0.4 is 0 Å². The van der Waals surface area contributed by atoms with Crippen LogP contribution in [0.5, 0.6) is 0 Å². The van der Waals surface area contributed by atoms with Crippen molar-refractivity contribution < 1.29 is 24.0 Å². The summed E-state index contributed by atoms with van der Waals surface area (Å²) in [6.45, 7) is 35.3. The molecule has 5 nitrogen and oxygen atoms in total. The molecule has 0 radical (unpaired) electrons. The minimum Gasteiger partial charge on any atom is -0.300 e. The van der Waals surface area contributed by atoms with E-state index >= 15 is 0 Å². The van der Waals surface area contributed by atoms with Crippen molar-refractivity contribution in [2.24, 2.45) is 45.3 Å². The molecule has 9 rings (SSSR count). The van der Waals surface area contributed by atoms with E-state index in [1.807, 2.05) is 19.1 Å². The van der Waals surface area contributed by atoms with Gasteiger partial charge in [0, 0.05) is 57.8 Å². The summed E-state index contributed by atoms with van der Waals surface area (Å²) < 4.78 is 0. The van der Waals surface area contributed by atoms with Gasteiger partial charge in [-0.25, -0.2) is 0 Å². The molecule has 2 aromatic rings. The van der Waals surface area contributed by atoms with Crippen molar-refractivity contribution in [1.29, 1.82) is 0 Å². The van der Waals surface area contributed by atoms with Crippen LogP contribution in [0.15, 0.2) is 121 Å². The molecule has 0 heterocycles. The molecule has 4 atom stereocenters. The van der Waals surface area contributed by atoms with Gasteiger partial charge >= 0.3 is 0 Å². The highest BCUT2D eigenvalue weighted by Crippen LogP contribution is 2.48. The summed E-state index contributed by atoms with van der Waals surface area (Å²) in [5.41, 5.74) is 5.57. The Hall–Kier alpha value is -4.51. The fraction of sp³-hybridized carbons (Fsp3) is 0.730. The lowest BCUT2D eigenvalue weighted by Crippen LogP contribution is -2.37. The largest absolute Gasteiger partial charge is 0.300 e. The maximum atomic E-state index is 11.6. The SMILES string of the molecule is C/C=C\CCCC.C1=CCCCC1.C=CCCc1ccccc1.CC1(C)CCC(=O)CC1C1CCCCC1.CC1(CCCCc2ccccc2)CCCC(=O)C1.CC1=CC(=O)CCC1.CCC/C=C/CCC.CCCCCCCC1CC(=O)CCC1(C)C.CCCCCCCCC1CC(=O)CCC1(C)C. The quantitative estimate of drug-likeness (QED) is 0.0598. The van der Waals surface area contributed by atoms with Crippen LogP contribution in [0.1, 0.15) is 423 Å². The summed E-state index contributed by atoms with van der Waals surface area (Å²) in [6.07, 6.45) is 78.3. The lowest BCUT2D eigenvalue weighted by Gasteiger charge is -2.44. The van der Waals surface area contributed by atoms with Crippen LogP contribution in [0.3, 0.4) is 0 Å². The van der Waals surface area contributed by atoms with Crippen LogP contribution in [0, 0.1) is 45.3 Å². The molecule has 7 aliphatic carbocycles. The molecule has 5 heteroatoms. The minimum absolute atomic E-state index is 0.298. The first-order valence-electron chi connectivity index (χ1n) is 44.3. The van der Waals surface area contributed by atoms with Gasteiger partial charge in [0.1, 0.15) is 23.1 Å². The first-order valence-corrected chi connectivity index (χ1v) is 44.3. The highest BCUT2D eigenvalue weighted by molar-refractivity contribution is 5.91. The molecular formula is C100H168O5. The second-order valence-electron chi connectivity index (χ2n) is 35.1. The molecular weight excluding hydrogens is 1280 g/mol. The van der Waals surface area contributed by atoms with Gasteiger partial charge in [0.15, 0.2) is 5.78 Å². The standard InChI is InChI=1S/C17H24O.C16H30O.C15H28O.C14H24O.C10H12.C8H16.C7H10O.C7H14.C6H10/c1-17(13-7-11-16(18)14-17)12-6-5-10-15-8-3-2-4-9-15;1-4-5-6-7-8-9-10-14-13-15(17)11-12-16(14,2)3;1-4-5-6-7-8-9-13-12-14(16)10-11-15(13,2)3;1-14(2)9-8-12(15)10-13(14)11-6-4-3-5-7-11;1-2-3-7-10-8-5-4-6-9-10;1-3-5-7-8-6-4-2;1-6-3-2-4-7(8)5-6;1-3-5-7-6-4-2;1-2-4-6-5-3-1/h2-4,8-9H,5-7,10-14H2,1H3;14H,4-13H2,1-3H3;13H,4-12H2,1-3H3;11,13H,3-10H2,1-2H3;2,4-6,8-9H,1,3,7H2;7-8H,3-6H2,1-2H3;5H,2-4H2,1H3;3,5H,4,6-7H2,1-2H3;1-2H,3-6H2/b;;;;;8-7+;;5-3-;. The molecule has 0 N–H and O–H groups in total. The highest BCUT2D eigenvalue weighted by atomic mass is 16.1. The van der Waals surface area contributed by atoms with Crippen molar-refractivity contribution >= 4 is 28.9 Å². The van der Waals surface area contributed by atoms with Gasteiger partial charge in [-0.3, -0.25) is 24.0 Å². The van der Waals surface area contributed by atoms with Crippen molar-refractivity contribution in [3.8, 4) is 0 Å². The van der Waals surface area contributed by atoms with Crippen LogP contribution in [0.25, 0.3) is 0 Å². The fourth-order valence-corrected chi connectivity index (χ4v) is 16.2. The van der Waals surface area contributed by atoms with Crippen molar-refractivity contribution in [3.05, 3.63) is 133 Å². The van der Waals surface area contributed by atoms with Crippen LogP contribution in [0.4, 0.5) is 0 Å². The van der Waals surface area contributed by atoms with Crippen LogP contribution >= 0.6 is 0 Å². The molecule has 105 heavy (non-hydrogen) atoms. The van der Waals surface area contributed by atoms with Gasteiger partial charge in [-0.15, -0.1) is 6.58 Å². The molecule has 5 saturated carbocycles. The number of aryl methyl sites for hydroxylation is 2. The fourth-order valence-electron chi connectivity index (χ4n) is 16.2. The van der Waals surface area contributed by atoms with E-state index in [9.17, 15) is 24.0 Å². The van der Waals surface area contributed by atoms with Gasteiger partial charge < -0.3 is 0 Å². The van der Waals surface area contributed by atoms with Gasteiger partial charge in [0.25, 0.3) is 0 Å². The van der Waals surface area contributed by atoms with Gasteiger partial charge in [0.05, 0.1) is 0 Å². The Kier molecular flexibility index (Phi) is 58.4. The Balaban J connectivity index is 0.000000604. The molecule has 0 saturated heterocycles. The topological polar surface area (TPSA) is 85.3 Å². The maximum Gasteiger partial charge on any atom is 0.155 e. The molecule has 0 spiro atoms. The zero-order valence-corrected chi connectivity index (χ0v) is 71.5. The summed E-state index contributed by atoms with van der Waals surface area (Å²) in [5.74, 6) is 5.12. The predicted octanol–water partition coefficient (Wildman–Crippen LogP) is 30.9. The zero-order chi connectivity index (χ0) is 77.7. The first kappa shape index (κ1) is 98.5. The van der Waals surface area contributed by atoms with Gasteiger partial charge in [-0.2, -0.15) is 0 Å². The lowest BCUT2D eigenvalue weighted by atomic mass is 9.61. The molecule has 0 aliphatic heterocycles. The van der Waals surface area contributed by atoms with E-state index in [1.54, 1.807) is 6.08 Å². The maximum absolute atomic E-state index is 11.6. The van der Waals surface area contributed by atoms with E-state index in [4.69, 9.17) is 0 Å². The van der Waals surface area contributed by atoms with E-state index in [-0.39, 0.29) is 0 Å². The molecule has 5 fully saturated rings. The second-order valence-corrected chi connectivity index (χ2v) is 35.1. The molecule has 4 unspecified atom stereocenters. The van der Waals surface area contributed by atoms with Gasteiger partial charge in [-0.05, 0) is 211 Å². The normalized spacial score (nSPS) is 21.7. The number of carbonyl (C=O) groups excluding carboxylic acids is 5. The number of allylic oxidation sites excluding steroid dienone is 9. The Morgan fingerprint density at radius 3 is 1.35 bits per heavy atom. The molecule has 0 amide bonds. The van der Waals surface area contributed by atoms with E-state index in [0.29, 0.717) is 68.3 Å². The number of unbranched alkanes of at least 4 members (excludes halogenated alkanes) is 14. The van der Waals surface area contributed by atoms with E-state index in [2.05, 4.69) is 188 Å². The molecule has 7 aliphatic rings. The smallest absolute Gasteiger partial charge is 0.155 e. The number of rotatable bonds is 29. The molecule has 2 aromatic carbocycles. The van der Waals surface area contributed by atoms with E-state index in [1.165, 1.54) is 235 Å². The summed E-state index contributed by atoms with van der Waals surface area (Å²) in [6, 6.07) is 21.1. The third-order valence-electron chi connectivity index (χ3n) is 23.8. The van der Waals surface area contributed by atoms with Crippen molar-refractivity contribution in [2.45, 2.75) is 424 Å². The van der Waals surface area contributed by atoms with Crippen molar-refractivity contribution in [3.63, 3.8) is 0 Å². The van der Waals surface area contributed by atoms with Crippen molar-refractivity contribution in [1.82, 2.24) is 0 Å². The lowest BCUT2D eigenvalue weighted by molar-refractivity contribution is -0.126. The predicted molar refractivity (Wildman–Crippen MR) is 460 cm³/mol. The van der Waals surface area contributed by atoms with Gasteiger partial charge in [0.2, 0.25) is 0 Å². The number of hydrogen-bond donors (Lipinski definition) is 0. The Labute approximate surface area is 651 Å². The Morgan fingerprint density at radius 1 is 0.429 bits per heavy atom. The summed E-state index contributed by atoms with van der Waals surface area (Å²) in [4.78, 5) is 56.8. The Morgan fingerprint density at radius 2 is 0.914 bits per heavy atom. The minimum atomic E-state index is 0.298. The summed E-state index contributed by atoms with van der Waals surface area (Å²) in [7, 11) is 0. The Bertz CT molecular complexity index is 2600. The number of ketones is 5. The van der Waals surface area contributed by atoms with Gasteiger partial charge in [-0.1, -0.05) is 327 Å². The summed E-state index contributed by atoms with van der Waals surface area (Å²) >= 11 is 0. The van der Waals surface area contributed by atoms with Crippen LogP contribution in [0.2, 0.25) is 0 Å². The van der Waals surface area contributed by atoms with E-state index in [0.717, 1.165) is 115 Å². The average molecular weight is 1450 g/mol. The average Bonchev–Trinajstić information content (AvgIpc) is 0.833. The number of hydrogen-bond acceptors (Lipinski definition) is 5. The second kappa shape index (κ2) is 62.3. The third kappa shape index (κ3) is 51.5. The molecule has 0 aromatic heterocycles. The monoisotopic (exact) mass is 1450 g/mol. The van der Waals surface area contributed by atoms with Crippen LogP contribution in [-0.4, -0.2) is 28.9 Å². The zero-order valence-electron chi connectivity index (χ0n) is 71.5. The van der Waals surface area contributed by atoms with E-state index < -0.39 is 0 Å². The summed E-state index contributed by atoms with van der Waals surface area (Å²) in [5, 5.41) is 0. The highest BCUT2D eigenvalue weighted by Gasteiger charge is 2.41. The molecule has 598 valence electrons. The first-order chi connectivity index (χ1) is 50.4. The molecule has 0 bridgehead atoms. The third-order valence-corrected chi connectivity index (χ3v) is 23.8. The number of carbonyl (C=O) groups is 5. The van der Waals surface area contributed by atoms with Crippen molar-refractivity contribution in [2.75, 3.05) is 0 Å².